The SMILES string of the molecule is C1CC[NH2+]CC1.CC. The van der Waals surface area contributed by atoms with E-state index in [1.54, 1.807) is 0 Å². The van der Waals surface area contributed by atoms with Crippen molar-refractivity contribution in [3.05, 3.63) is 0 Å². The minimum Gasteiger partial charge on any atom is -0.346 e. The first-order valence-corrected chi connectivity index (χ1v) is 3.82. The second-order valence-electron chi connectivity index (χ2n) is 1.93. The molecule has 1 saturated heterocycles. The van der Waals surface area contributed by atoms with E-state index in [0.29, 0.717) is 0 Å². The van der Waals surface area contributed by atoms with E-state index in [1.165, 1.54) is 32.4 Å². The molecule has 50 valence electrons. The van der Waals surface area contributed by atoms with Crippen LogP contribution >= 0.6 is 0 Å². The van der Waals surface area contributed by atoms with E-state index in [9.17, 15) is 0 Å². The fraction of sp³-hybridized carbons (Fsp3) is 1.00. The highest BCUT2D eigenvalue weighted by atomic mass is 14.9. The quantitative estimate of drug-likeness (QED) is 0.481. The van der Waals surface area contributed by atoms with Crippen molar-refractivity contribution in [3.8, 4) is 0 Å². The van der Waals surface area contributed by atoms with Gasteiger partial charge in [0.25, 0.3) is 0 Å². The molecule has 1 heterocycles. The fourth-order valence-electron chi connectivity index (χ4n) is 0.898. The van der Waals surface area contributed by atoms with Crippen molar-refractivity contribution in [3.63, 3.8) is 0 Å². The minimum absolute atomic E-state index is 1.38. The number of nitrogens with two attached hydrogens (primary N) is 1. The lowest BCUT2D eigenvalue weighted by Gasteiger charge is -2.05. The highest BCUT2D eigenvalue weighted by Gasteiger charge is 1.97. The fourth-order valence-corrected chi connectivity index (χ4v) is 0.898. The smallest absolute Gasteiger partial charge is 0.0755 e. The molecule has 1 aliphatic rings. The predicted molar refractivity (Wildman–Crippen MR) is 36.9 cm³/mol. The largest absolute Gasteiger partial charge is 0.346 e. The zero-order chi connectivity index (χ0) is 6.24. The molecule has 0 radical (unpaired) electrons. The van der Waals surface area contributed by atoms with Crippen molar-refractivity contribution in [1.82, 2.24) is 0 Å². The lowest BCUT2D eigenvalue weighted by molar-refractivity contribution is -0.662. The van der Waals surface area contributed by atoms with Crippen molar-refractivity contribution in [2.75, 3.05) is 13.1 Å². The first-order valence-electron chi connectivity index (χ1n) is 3.82. The van der Waals surface area contributed by atoms with Gasteiger partial charge in [0.05, 0.1) is 13.1 Å². The van der Waals surface area contributed by atoms with E-state index in [1.807, 2.05) is 13.8 Å². The summed E-state index contributed by atoms with van der Waals surface area (Å²) >= 11 is 0. The zero-order valence-corrected chi connectivity index (χ0v) is 6.11. The van der Waals surface area contributed by atoms with Crippen LogP contribution in [-0.4, -0.2) is 13.1 Å². The van der Waals surface area contributed by atoms with Gasteiger partial charge in [-0.05, 0) is 19.3 Å². The van der Waals surface area contributed by atoms with Crippen LogP contribution in [0.4, 0.5) is 0 Å². The van der Waals surface area contributed by atoms with Crippen molar-refractivity contribution >= 4 is 0 Å². The summed E-state index contributed by atoms with van der Waals surface area (Å²) in [5, 5.41) is 2.39. The Labute approximate surface area is 52.5 Å². The van der Waals surface area contributed by atoms with Crippen LogP contribution in [0.2, 0.25) is 0 Å². The molecule has 0 bridgehead atoms. The van der Waals surface area contributed by atoms with Gasteiger partial charge in [0.15, 0.2) is 0 Å². The maximum atomic E-state index is 2.39. The van der Waals surface area contributed by atoms with E-state index in [4.69, 9.17) is 0 Å². The van der Waals surface area contributed by atoms with Crippen LogP contribution in [0.1, 0.15) is 33.1 Å². The van der Waals surface area contributed by atoms with E-state index < -0.39 is 0 Å². The van der Waals surface area contributed by atoms with Crippen LogP contribution in [0.15, 0.2) is 0 Å². The highest BCUT2D eigenvalue weighted by Crippen LogP contribution is 1.91. The average molecular weight is 116 g/mol. The van der Waals surface area contributed by atoms with Gasteiger partial charge in [-0.15, -0.1) is 0 Å². The maximum absolute atomic E-state index is 2.39. The van der Waals surface area contributed by atoms with Gasteiger partial charge >= 0.3 is 0 Å². The van der Waals surface area contributed by atoms with Crippen molar-refractivity contribution in [2.45, 2.75) is 33.1 Å². The minimum atomic E-state index is 1.38. The number of rotatable bonds is 0. The third-order valence-electron chi connectivity index (χ3n) is 1.32. The predicted octanol–water partition coefficient (Wildman–Crippen LogP) is 0.760. The molecule has 1 rings (SSSR count). The lowest BCUT2D eigenvalue weighted by Crippen LogP contribution is -2.85. The van der Waals surface area contributed by atoms with Gasteiger partial charge in [-0.2, -0.15) is 0 Å². The van der Waals surface area contributed by atoms with Gasteiger partial charge in [0.2, 0.25) is 0 Å². The molecule has 1 nitrogen and oxygen atoms in total. The number of piperidine rings is 1. The van der Waals surface area contributed by atoms with Crippen LogP contribution < -0.4 is 5.32 Å². The van der Waals surface area contributed by atoms with Gasteiger partial charge in [0, 0.05) is 0 Å². The first-order chi connectivity index (χ1) is 4.00. The summed E-state index contributed by atoms with van der Waals surface area (Å²) in [7, 11) is 0. The normalized spacial score (nSPS) is 18.8. The Kier molecular flexibility index (Phi) is 6.93. The lowest BCUT2D eigenvalue weighted by atomic mass is 10.2. The van der Waals surface area contributed by atoms with E-state index in [-0.39, 0.29) is 0 Å². The Morgan fingerprint density at radius 2 is 1.38 bits per heavy atom. The zero-order valence-electron chi connectivity index (χ0n) is 6.11. The molecular formula is C7H18N+. The summed E-state index contributed by atoms with van der Waals surface area (Å²) in [5.41, 5.74) is 0. The molecule has 0 aliphatic carbocycles. The Bertz CT molecular complexity index is 19.9. The average Bonchev–Trinajstić information content (AvgIpc) is 1.96. The van der Waals surface area contributed by atoms with E-state index >= 15 is 0 Å². The summed E-state index contributed by atoms with van der Waals surface area (Å²) in [4.78, 5) is 0. The summed E-state index contributed by atoms with van der Waals surface area (Å²) in [5.74, 6) is 0. The third kappa shape index (κ3) is 4.13. The summed E-state index contributed by atoms with van der Waals surface area (Å²) < 4.78 is 0. The first kappa shape index (κ1) is 7.96. The van der Waals surface area contributed by atoms with Crippen molar-refractivity contribution < 1.29 is 5.32 Å². The molecule has 1 heteroatoms. The van der Waals surface area contributed by atoms with Crippen LogP contribution in [-0.2, 0) is 0 Å². The van der Waals surface area contributed by atoms with Crippen molar-refractivity contribution in [1.29, 1.82) is 0 Å². The van der Waals surface area contributed by atoms with Crippen LogP contribution in [0.5, 0.6) is 0 Å². The summed E-state index contributed by atoms with van der Waals surface area (Å²) in [6.07, 6.45) is 4.36. The molecule has 2 N–H and O–H groups in total. The number of hydrogen-bond acceptors (Lipinski definition) is 0. The molecule has 0 spiro atoms. The standard InChI is InChI=1S/C5H11N.C2H6/c1-2-4-6-5-3-1;1-2/h6H,1-5H2;1-2H3/p+1. The summed E-state index contributed by atoms with van der Waals surface area (Å²) in [6, 6.07) is 0. The summed E-state index contributed by atoms with van der Waals surface area (Å²) in [6.45, 7) is 6.75. The molecule has 1 fully saturated rings. The van der Waals surface area contributed by atoms with E-state index in [2.05, 4.69) is 5.32 Å². The molecule has 0 aromatic carbocycles. The molecule has 0 atom stereocenters. The topological polar surface area (TPSA) is 16.6 Å². The molecule has 1 aliphatic heterocycles. The van der Waals surface area contributed by atoms with Gasteiger partial charge in [0.1, 0.15) is 0 Å². The Morgan fingerprint density at radius 1 is 0.875 bits per heavy atom. The van der Waals surface area contributed by atoms with Gasteiger partial charge in [-0.25, -0.2) is 0 Å². The van der Waals surface area contributed by atoms with Gasteiger partial charge < -0.3 is 5.32 Å². The van der Waals surface area contributed by atoms with Crippen LogP contribution in [0.25, 0.3) is 0 Å². The van der Waals surface area contributed by atoms with Crippen LogP contribution in [0.3, 0.4) is 0 Å². The molecular weight excluding hydrogens is 98.1 g/mol. The Morgan fingerprint density at radius 3 is 1.50 bits per heavy atom. The molecule has 0 aromatic heterocycles. The Hall–Kier alpha value is -0.0400. The molecule has 0 unspecified atom stereocenters. The maximum Gasteiger partial charge on any atom is 0.0755 e. The highest BCUT2D eigenvalue weighted by molar-refractivity contribution is 4.40. The number of hydrogen-bond donors (Lipinski definition) is 1. The molecule has 8 heavy (non-hydrogen) atoms. The second kappa shape index (κ2) is 6.96. The molecule has 0 aromatic rings. The molecule has 0 saturated carbocycles. The molecule has 0 amide bonds. The van der Waals surface area contributed by atoms with Crippen LogP contribution in [0, 0.1) is 0 Å². The van der Waals surface area contributed by atoms with Crippen molar-refractivity contribution in [2.24, 2.45) is 0 Å². The van der Waals surface area contributed by atoms with E-state index in [0.717, 1.165) is 0 Å². The van der Waals surface area contributed by atoms with Gasteiger partial charge in [-0.1, -0.05) is 13.8 Å². The van der Waals surface area contributed by atoms with Gasteiger partial charge in [-0.3, -0.25) is 0 Å². The third-order valence-corrected chi connectivity index (χ3v) is 1.32. The monoisotopic (exact) mass is 116 g/mol. The number of quaternary nitrogens is 1. The Balaban J connectivity index is 0.000000222. The second-order valence-corrected chi connectivity index (χ2v) is 1.93.